The fourth-order valence-electron chi connectivity index (χ4n) is 2.48. The van der Waals surface area contributed by atoms with Crippen LogP contribution in [-0.4, -0.2) is 42.0 Å². The highest BCUT2D eigenvalue weighted by molar-refractivity contribution is 5.67. The largest absolute Gasteiger partial charge is 0.453 e. The highest BCUT2D eigenvalue weighted by Crippen LogP contribution is 2.27. The van der Waals surface area contributed by atoms with E-state index in [0.717, 1.165) is 12.5 Å². The number of hydrogen-bond donors (Lipinski definition) is 0. The molecule has 1 saturated heterocycles. The standard InChI is InChI=1S/C17H19NO8/c1-11(19)25-15-14(8-18(21)22)10-24-17(16(15)26-12(2)20)23-9-13-6-4-3-5-7-13/h3-8,15-17H,9-10H2,1-2H3/b14-8+. The lowest BCUT2D eigenvalue weighted by molar-refractivity contribution is -0.405. The Labute approximate surface area is 149 Å². The first kappa shape index (κ1) is 19.5. The summed E-state index contributed by atoms with van der Waals surface area (Å²) >= 11 is 0. The van der Waals surface area contributed by atoms with Crippen molar-refractivity contribution in [2.75, 3.05) is 6.61 Å². The second-order valence-corrected chi connectivity index (χ2v) is 5.57. The van der Waals surface area contributed by atoms with Gasteiger partial charge in [-0.2, -0.15) is 0 Å². The Morgan fingerprint density at radius 3 is 2.46 bits per heavy atom. The molecule has 1 aliphatic rings. The summed E-state index contributed by atoms with van der Waals surface area (Å²) in [5.74, 6) is -1.34. The first-order valence-electron chi connectivity index (χ1n) is 7.82. The number of esters is 2. The summed E-state index contributed by atoms with van der Waals surface area (Å²) in [6, 6.07) is 9.21. The zero-order valence-corrected chi connectivity index (χ0v) is 14.3. The number of nitro groups is 1. The van der Waals surface area contributed by atoms with E-state index < -0.39 is 35.4 Å². The number of carbonyl (C=O) groups is 2. The summed E-state index contributed by atoms with van der Waals surface area (Å²) in [7, 11) is 0. The van der Waals surface area contributed by atoms with Crippen LogP contribution in [-0.2, 0) is 35.1 Å². The van der Waals surface area contributed by atoms with E-state index in [2.05, 4.69) is 0 Å². The summed E-state index contributed by atoms with van der Waals surface area (Å²) in [6.07, 6.45) is -2.71. The first-order chi connectivity index (χ1) is 12.4. The van der Waals surface area contributed by atoms with Crippen molar-refractivity contribution in [3.8, 4) is 0 Å². The molecule has 0 bridgehead atoms. The Morgan fingerprint density at radius 2 is 1.88 bits per heavy atom. The summed E-state index contributed by atoms with van der Waals surface area (Å²) in [5.41, 5.74) is 0.921. The van der Waals surface area contributed by atoms with Gasteiger partial charge in [-0.25, -0.2) is 0 Å². The van der Waals surface area contributed by atoms with E-state index >= 15 is 0 Å². The third-order valence-electron chi connectivity index (χ3n) is 3.47. The number of carbonyl (C=O) groups excluding carboxylic acids is 2. The Balaban J connectivity index is 2.22. The van der Waals surface area contributed by atoms with E-state index in [1.165, 1.54) is 6.92 Å². The molecule has 9 nitrogen and oxygen atoms in total. The first-order valence-corrected chi connectivity index (χ1v) is 7.82. The summed E-state index contributed by atoms with van der Waals surface area (Å²) < 4.78 is 21.5. The molecule has 140 valence electrons. The fraction of sp³-hybridized carbons (Fsp3) is 0.412. The van der Waals surface area contributed by atoms with E-state index in [1.807, 2.05) is 30.3 Å². The molecule has 0 saturated carbocycles. The molecule has 0 radical (unpaired) electrons. The Kier molecular flexibility index (Phi) is 6.81. The molecule has 0 spiro atoms. The Bertz CT molecular complexity index is 687. The Hall–Kier alpha value is -2.78. The Morgan fingerprint density at radius 1 is 1.23 bits per heavy atom. The third-order valence-corrected chi connectivity index (χ3v) is 3.47. The van der Waals surface area contributed by atoms with Crippen LogP contribution in [0.15, 0.2) is 42.1 Å². The minimum atomic E-state index is -1.17. The van der Waals surface area contributed by atoms with Gasteiger partial charge in [0.05, 0.1) is 23.7 Å². The lowest BCUT2D eigenvalue weighted by atomic mass is 10.0. The lowest BCUT2D eigenvalue weighted by Gasteiger charge is -2.36. The van der Waals surface area contributed by atoms with Gasteiger partial charge in [0.15, 0.2) is 18.5 Å². The van der Waals surface area contributed by atoms with Gasteiger partial charge in [0.2, 0.25) is 6.20 Å². The van der Waals surface area contributed by atoms with Crippen LogP contribution in [0.5, 0.6) is 0 Å². The van der Waals surface area contributed by atoms with E-state index in [0.29, 0.717) is 6.20 Å². The second kappa shape index (κ2) is 9.07. The van der Waals surface area contributed by atoms with Gasteiger partial charge in [0.25, 0.3) is 0 Å². The van der Waals surface area contributed by atoms with Crippen LogP contribution in [0.3, 0.4) is 0 Å². The van der Waals surface area contributed by atoms with E-state index in [4.69, 9.17) is 18.9 Å². The van der Waals surface area contributed by atoms with E-state index in [-0.39, 0.29) is 18.8 Å². The van der Waals surface area contributed by atoms with Gasteiger partial charge in [-0.05, 0) is 5.56 Å². The average Bonchev–Trinajstić information content (AvgIpc) is 2.56. The molecule has 0 N–H and O–H groups in total. The van der Waals surface area contributed by atoms with E-state index in [1.54, 1.807) is 0 Å². The van der Waals surface area contributed by atoms with Crippen molar-refractivity contribution in [1.82, 2.24) is 0 Å². The molecule has 1 heterocycles. The second-order valence-electron chi connectivity index (χ2n) is 5.57. The van der Waals surface area contributed by atoms with Crippen molar-refractivity contribution in [2.24, 2.45) is 0 Å². The van der Waals surface area contributed by atoms with Gasteiger partial charge in [-0.15, -0.1) is 0 Å². The number of benzene rings is 1. The average molecular weight is 365 g/mol. The van der Waals surface area contributed by atoms with E-state index in [9.17, 15) is 19.7 Å². The molecule has 9 heteroatoms. The summed E-state index contributed by atoms with van der Waals surface area (Å²) in [5, 5.41) is 10.8. The van der Waals surface area contributed by atoms with Gasteiger partial charge < -0.3 is 18.9 Å². The van der Waals surface area contributed by atoms with Crippen molar-refractivity contribution in [3.05, 3.63) is 57.8 Å². The maximum Gasteiger partial charge on any atom is 0.303 e. The number of nitrogens with zero attached hydrogens (tertiary/aromatic N) is 1. The van der Waals surface area contributed by atoms with Gasteiger partial charge >= 0.3 is 11.9 Å². The maximum atomic E-state index is 11.5. The molecule has 0 amide bonds. The maximum absolute atomic E-state index is 11.5. The predicted molar refractivity (Wildman–Crippen MR) is 87.2 cm³/mol. The molecule has 1 aliphatic heterocycles. The molecule has 2 rings (SSSR count). The molecule has 0 aliphatic carbocycles. The summed E-state index contributed by atoms with van der Waals surface area (Å²) in [4.78, 5) is 33.0. The minimum absolute atomic E-state index is 0.0658. The highest BCUT2D eigenvalue weighted by atomic mass is 16.7. The predicted octanol–water partition coefficient (Wildman–Crippen LogP) is 1.58. The minimum Gasteiger partial charge on any atom is -0.453 e. The van der Waals surface area contributed by atoms with Crippen molar-refractivity contribution in [3.63, 3.8) is 0 Å². The number of hydrogen-bond acceptors (Lipinski definition) is 8. The van der Waals surface area contributed by atoms with Crippen LogP contribution >= 0.6 is 0 Å². The highest BCUT2D eigenvalue weighted by Gasteiger charge is 2.44. The monoisotopic (exact) mass is 365 g/mol. The van der Waals surface area contributed by atoms with Crippen molar-refractivity contribution in [2.45, 2.75) is 39.0 Å². The third kappa shape index (κ3) is 5.64. The van der Waals surface area contributed by atoms with Gasteiger partial charge in [0.1, 0.15) is 0 Å². The van der Waals surface area contributed by atoms with Crippen molar-refractivity contribution in [1.29, 1.82) is 0 Å². The normalized spacial score (nSPS) is 24.1. The number of ether oxygens (including phenoxy) is 4. The smallest absolute Gasteiger partial charge is 0.303 e. The van der Waals surface area contributed by atoms with Crippen molar-refractivity contribution < 1.29 is 33.5 Å². The number of rotatable bonds is 6. The summed E-state index contributed by atoms with van der Waals surface area (Å²) in [6.45, 7) is 2.29. The van der Waals surface area contributed by atoms with Crippen LogP contribution < -0.4 is 0 Å². The molecule has 26 heavy (non-hydrogen) atoms. The van der Waals surface area contributed by atoms with Crippen LogP contribution in [0.2, 0.25) is 0 Å². The zero-order valence-electron chi connectivity index (χ0n) is 14.3. The SMILES string of the molecule is CC(=O)OC1/C(=C/[N+](=O)[O-])COC(OCc2ccccc2)C1OC(C)=O. The van der Waals surface area contributed by atoms with Gasteiger partial charge in [0, 0.05) is 13.8 Å². The van der Waals surface area contributed by atoms with Gasteiger partial charge in [-0.3, -0.25) is 19.7 Å². The molecule has 1 aromatic rings. The fourth-order valence-corrected chi connectivity index (χ4v) is 2.48. The molecule has 3 unspecified atom stereocenters. The molecular weight excluding hydrogens is 346 g/mol. The molecule has 1 aromatic carbocycles. The van der Waals surface area contributed by atoms with Crippen LogP contribution in [0, 0.1) is 10.1 Å². The quantitative estimate of drug-likeness (QED) is 0.424. The lowest BCUT2D eigenvalue weighted by Crippen LogP contribution is -2.51. The van der Waals surface area contributed by atoms with Crippen LogP contribution in [0.25, 0.3) is 0 Å². The van der Waals surface area contributed by atoms with Crippen molar-refractivity contribution >= 4 is 11.9 Å². The van der Waals surface area contributed by atoms with Crippen LogP contribution in [0.4, 0.5) is 0 Å². The van der Waals surface area contributed by atoms with Crippen LogP contribution in [0.1, 0.15) is 19.4 Å². The molecule has 0 aromatic heterocycles. The zero-order chi connectivity index (χ0) is 19.1. The molecule has 3 atom stereocenters. The molecule has 1 fully saturated rings. The topological polar surface area (TPSA) is 114 Å². The van der Waals surface area contributed by atoms with Gasteiger partial charge in [-0.1, -0.05) is 30.3 Å². The molecular formula is C17H19NO8.